The van der Waals surface area contributed by atoms with Crippen LogP contribution in [-0.4, -0.2) is 6.54 Å². The lowest BCUT2D eigenvalue weighted by Crippen LogP contribution is -2.25. The highest BCUT2D eigenvalue weighted by molar-refractivity contribution is 5.31. The molecule has 1 heteroatoms. The zero-order valence-electron chi connectivity index (χ0n) is 10.5. The van der Waals surface area contributed by atoms with Crippen LogP contribution in [0.2, 0.25) is 0 Å². The summed E-state index contributed by atoms with van der Waals surface area (Å²) >= 11 is 0. The van der Waals surface area contributed by atoms with Crippen LogP contribution in [0.1, 0.15) is 48.3 Å². The smallest absolute Gasteiger partial charge is 0.00430 e. The molecular formula is C15H23N. The zero-order valence-corrected chi connectivity index (χ0v) is 10.5. The van der Waals surface area contributed by atoms with Crippen LogP contribution in [0.3, 0.4) is 0 Å². The molecule has 0 bridgehead atoms. The molecule has 1 nitrogen and oxygen atoms in total. The highest BCUT2D eigenvalue weighted by Crippen LogP contribution is 2.37. The van der Waals surface area contributed by atoms with Gasteiger partial charge in [0.1, 0.15) is 0 Å². The first kappa shape index (κ1) is 11.7. The minimum absolute atomic E-state index is 0.704. The Morgan fingerprint density at radius 1 is 1.06 bits per heavy atom. The lowest BCUT2D eigenvalue weighted by Gasteiger charge is -2.31. The van der Waals surface area contributed by atoms with Crippen molar-refractivity contribution in [3.63, 3.8) is 0 Å². The third kappa shape index (κ3) is 2.46. The topological polar surface area (TPSA) is 26.0 Å². The van der Waals surface area contributed by atoms with Crippen LogP contribution in [0, 0.1) is 19.8 Å². The number of benzene rings is 1. The first-order valence-electron chi connectivity index (χ1n) is 6.49. The average Bonchev–Trinajstić information content (AvgIpc) is 2.27. The molecule has 2 N–H and O–H groups in total. The van der Waals surface area contributed by atoms with Crippen molar-refractivity contribution in [2.45, 2.75) is 45.4 Å². The number of hydrogen-bond donors (Lipinski definition) is 1. The Labute approximate surface area is 99.0 Å². The van der Waals surface area contributed by atoms with Gasteiger partial charge < -0.3 is 5.73 Å². The van der Waals surface area contributed by atoms with Gasteiger partial charge in [0, 0.05) is 0 Å². The summed E-state index contributed by atoms with van der Waals surface area (Å²) in [7, 11) is 0. The fraction of sp³-hybridized carbons (Fsp3) is 0.600. The second-order valence-corrected chi connectivity index (χ2v) is 5.31. The summed E-state index contributed by atoms with van der Waals surface area (Å²) in [6, 6.07) is 6.96. The molecule has 0 aliphatic heterocycles. The van der Waals surface area contributed by atoms with Gasteiger partial charge in [-0.05, 0) is 50.6 Å². The molecule has 16 heavy (non-hydrogen) atoms. The highest BCUT2D eigenvalue weighted by atomic mass is 14.6. The molecule has 0 spiro atoms. The number of nitrogens with two attached hydrogens (primary N) is 1. The third-order valence-corrected chi connectivity index (χ3v) is 3.88. The highest BCUT2D eigenvalue weighted by Gasteiger charge is 2.25. The van der Waals surface area contributed by atoms with E-state index >= 15 is 0 Å². The molecular weight excluding hydrogens is 194 g/mol. The van der Waals surface area contributed by atoms with E-state index in [-0.39, 0.29) is 0 Å². The van der Waals surface area contributed by atoms with E-state index in [4.69, 9.17) is 5.73 Å². The standard InChI is InChI=1S/C15H23N/c1-11-7-12(2)9-14(8-11)15-6-4-3-5-13(15)10-16/h7-9,13,15H,3-6,10,16H2,1-2H3. The van der Waals surface area contributed by atoms with Gasteiger partial charge >= 0.3 is 0 Å². The molecule has 1 saturated carbocycles. The minimum Gasteiger partial charge on any atom is -0.330 e. The molecule has 2 atom stereocenters. The first-order valence-corrected chi connectivity index (χ1v) is 6.49. The van der Waals surface area contributed by atoms with Gasteiger partial charge in [-0.3, -0.25) is 0 Å². The van der Waals surface area contributed by atoms with Gasteiger partial charge in [0.25, 0.3) is 0 Å². The van der Waals surface area contributed by atoms with E-state index in [2.05, 4.69) is 32.0 Å². The van der Waals surface area contributed by atoms with Crippen LogP contribution in [-0.2, 0) is 0 Å². The molecule has 1 fully saturated rings. The van der Waals surface area contributed by atoms with Crippen LogP contribution in [0.15, 0.2) is 18.2 Å². The van der Waals surface area contributed by atoms with E-state index in [1.807, 2.05) is 0 Å². The van der Waals surface area contributed by atoms with Crippen molar-refractivity contribution in [3.8, 4) is 0 Å². The third-order valence-electron chi connectivity index (χ3n) is 3.88. The Balaban J connectivity index is 2.26. The molecule has 2 unspecified atom stereocenters. The van der Waals surface area contributed by atoms with E-state index in [1.54, 1.807) is 0 Å². The van der Waals surface area contributed by atoms with Gasteiger partial charge in [0.15, 0.2) is 0 Å². The monoisotopic (exact) mass is 217 g/mol. The molecule has 1 aliphatic rings. The summed E-state index contributed by atoms with van der Waals surface area (Å²) in [4.78, 5) is 0. The average molecular weight is 217 g/mol. The lowest BCUT2D eigenvalue weighted by atomic mass is 9.75. The largest absolute Gasteiger partial charge is 0.330 e. The van der Waals surface area contributed by atoms with Crippen molar-refractivity contribution in [2.24, 2.45) is 11.7 Å². The van der Waals surface area contributed by atoms with Gasteiger partial charge in [0.2, 0.25) is 0 Å². The van der Waals surface area contributed by atoms with E-state index in [0.29, 0.717) is 11.8 Å². The maximum Gasteiger partial charge on any atom is -0.00430 e. The van der Waals surface area contributed by atoms with Gasteiger partial charge in [-0.1, -0.05) is 42.2 Å². The normalized spacial score (nSPS) is 25.7. The summed E-state index contributed by atoms with van der Waals surface area (Å²) in [5, 5.41) is 0. The summed E-state index contributed by atoms with van der Waals surface area (Å²) < 4.78 is 0. The molecule has 1 aliphatic carbocycles. The van der Waals surface area contributed by atoms with Crippen LogP contribution in [0.4, 0.5) is 0 Å². The van der Waals surface area contributed by atoms with Crippen molar-refractivity contribution in [2.75, 3.05) is 6.54 Å². The molecule has 0 saturated heterocycles. The molecule has 2 rings (SSSR count). The van der Waals surface area contributed by atoms with Crippen LogP contribution >= 0.6 is 0 Å². The van der Waals surface area contributed by atoms with E-state index < -0.39 is 0 Å². The van der Waals surface area contributed by atoms with Gasteiger partial charge in [-0.15, -0.1) is 0 Å². The van der Waals surface area contributed by atoms with Crippen molar-refractivity contribution >= 4 is 0 Å². The fourth-order valence-corrected chi connectivity index (χ4v) is 3.15. The van der Waals surface area contributed by atoms with Crippen LogP contribution in [0.25, 0.3) is 0 Å². The van der Waals surface area contributed by atoms with Gasteiger partial charge in [-0.25, -0.2) is 0 Å². The number of rotatable bonds is 2. The predicted octanol–water partition coefficient (Wildman–Crippen LogP) is 3.54. The molecule has 0 heterocycles. The van der Waals surface area contributed by atoms with Crippen molar-refractivity contribution in [1.29, 1.82) is 0 Å². The predicted molar refractivity (Wildman–Crippen MR) is 69.7 cm³/mol. The van der Waals surface area contributed by atoms with Crippen molar-refractivity contribution in [1.82, 2.24) is 0 Å². The molecule has 1 aromatic rings. The number of hydrogen-bond acceptors (Lipinski definition) is 1. The Hall–Kier alpha value is -0.820. The Morgan fingerprint density at radius 3 is 2.31 bits per heavy atom. The van der Waals surface area contributed by atoms with Crippen LogP contribution in [0.5, 0.6) is 0 Å². The molecule has 1 aromatic carbocycles. The maximum atomic E-state index is 5.91. The molecule has 0 radical (unpaired) electrons. The Bertz CT molecular complexity index is 336. The van der Waals surface area contributed by atoms with Gasteiger partial charge in [0.05, 0.1) is 0 Å². The van der Waals surface area contributed by atoms with Gasteiger partial charge in [-0.2, -0.15) is 0 Å². The molecule has 0 aromatic heterocycles. The second-order valence-electron chi connectivity index (χ2n) is 5.31. The minimum atomic E-state index is 0.704. The number of aryl methyl sites for hydroxylation is 2. The van der Waals surface area contributed by atoms with E-state index in [9.17, 15) is 0 Å². The summed E-state index contributed by atoms with van der Waals surface area (Å²) in [5.74, 6) is 1.41. The Kier molecular flexibility index (Phi) is 3.65. The van der Waals surface area contributed by atoms with Crippen LogP contribution < -0.4 is 5.73 Å². The maximum absolute atomic E-state index is 5.91. The van der Waals surface area contributed by atoms with Crippen molar-refractivity contribution in [3.05, 3.63) is 34.9 Å². The lowest BCUT2D eigenvalue weighted by molar-refractivity contribution is 0.314. The van der Waals surface area contributed by atoms with E-state index in [1.165, 1.54) is 42.4 Å². The van der Waals surface area contributed by atoms with Crippen molar-refractivity contribution < 1.29 is 0 Å². The Morgan fingerprint density at radius 2 is 1.69 bits per heavy atom. The second kappa shape index (κ2) is 5.01. The molecule has 88 valence electrons. The zero-order chi connectivity index (χ0) is 11.5. The summed E-state index contributed by atoms with van der Waals surface area (Å²) in [5.41, 5.74) is 10.2. The van der Waals surface area contributed by atoms with E-state index in [0.717, 1.165) is 6.54 Å². The summed E-state index contributed by atoms with van der Waals surface area (Å²) in [6.45, 7) is 5.23. The summed E-state index contributed by atoms with van der Waals surface area (Å²) in [6.07, 6.45) is 5.37. The quantitative estimate of drug-likeness (QED) is 0.805. The fourth-order valence-electron chi connectivity index (χ4n) is 3.15. The first-order chi connectivity index (χ1) is 7.70. The SMILES string of the molecule is Cc1cc(C)cc(C2CCCCC2CN)c1. The molecule has 0 amide bonds.